The largest absolute Gasteiger partial charge is 0.465 e. The van der Waals surface area contributed by atoms with E-state index in [1.807, 2.05) is 4.90 Å². The number of nitriles is 1. The lowest BCUT2D eigenvalue weighted by Crippen LogP contribution is -2.36. The number of methoxy groups -OCH3 is 1. The molecule has 8 heteroatoms. The number of esters is 1. The highest BCUT2D eigenvalue weighted by atomic mass is 16.6. The van der Waals surface area contributed by atoms with Gasteiger partial charge in [0.2, 0.25) is 0 Å². The third-order valence-corrected chi connectivity index (χ3v) is 3.40. The molecule has 0 atom stereocenters. The average molecular weight is 317 g/mol. The molecule has 0 aliphatic carbocycles. The molecule has 1 aliphatic rings. The van der Waals surface area contributed by atoms with Gasteiger partial charge in [-0.25, -0.2) is 4.79 Å². The van der Waals surface area contributed by atoms with Gasteiger partial charge in [-0.2, -0.15) is 5.26 Å². The number of morpholine rings is 1. The van der Waals surface area contributed by atoms with Crippen molar-refractivity contribution in [3.8, 4) is 6.07 Å². The lowest BCUT2D eigenvalue weighted by atomic mass is 10.1. The van der Waals surface area contributed by atoms with E-state index in [1.165, 1.54) is 25.3 Å². The monoisotopic (exact) mass is 317 g/mol. The zero-order chi connectivity index (χ0) is 16.8. The minimum absolute atomic E-state index is 0.115. The van der Waals surface area contributed by atoms with Gasteiger partial charge in [0.05, 0.1) is 25.2 Å². The van der Waals surface area contributed by atoms with Gasteiger partial charge in [0, 0.05) is 36.5 Å². The van der Waals surface area contributed by atoms with Gasteiger partial charge in [-0.3, -0.25) is 10.1 Å². The van der Waals surface area contributed by atoms with E-state index in [-0.39, 0.29) is 11.3 Å². The van der Waals surface area contributed by atoms with Crippen LogP contribution in [0.15, 0.2) is 23.8 Å². The van der Waals surface area contributed by atoms with Crippen LogP contribution in [0, 0.1) is 21.4 Å². The van der Waals surface area contributed by atoms with E-state index >= 15 is 0 Å². The first-order valence-electron chi connectivity index (χ1n) is 6.88. The van der Waals surface area contributed by atoms with Crippen LogP contribution < -0.4 is 4.90 Å². The quantitative estimate of drug-likeness (QED) is 0.272. The molecule has 120 valence electrons. The van der Waals surface area contributed by atoms with Crippen LogP contribution in [0.4, 0.5) is 11.4 Å². The Bertz CT molecular complexity index is 687. The molecule has 1 heterocycles. The molecule has 8 nitrogen and oxygen atoms in total. The maximum Gasteiger partial charge on any atom is 0.348 e. The highest BCUT2D eigenvalue weighted by Crippen LogP contribution is 2.28. The van der Waals surface area contributed by atoms with Crippen molar-refractivity contribution in [2.45, 2.75) is 0 Å². The van der Waals surface area contributed by atoms with Crippen LogP contribution in [0.25, 0.3) is 6.08 Å². The second-order valence-electron chi connectivity index (χ2n) is 4.76. The van der Waals surface area contributed by atoms with Crippen LogP contribution in [0.2, 0.25) is 0 Å². The van der Waals surface area contributed by atoms with Gasteiger partial charge in [-0.15, -0.1) is 0 Å². The van der Waals surface area contributed by atoms with E-state index < -0.39 is 10.9 Å². The molecule has 23 heavy (non-hydrogen) atoms. The summed E-state index contributed by atoms with van der Waals surface area (Å²) < 4.78 is 9.83. The smallest absolute Gasteiger partial charge is 0.348 e. The summed E-state index contributed by atoms with van der Waals surface area (Å²) in [5, 5.41) is 20.1. The Hall–Kier alpha value is -2.92. The zero-order valence-corrected chi connectivity index (χ0v) is 12.5. The Balaban J connectivity index is 2.50. The van der Waals surface area contributed by atoms with E-state index in [0.29, 0.717) is 37.6 Å². The highest BCUT2D eigenvalue weighted by molar-refractivity contribution is 5.98. The van der Waals surface area contributed by atoms with E-state index in [9.17, 15) is 14.9 Å². The number of nitro groups is 1. The van der Waals surface area contributed by atoms with Gasteiger partial charge in [0.1, 0.15) is 11.6 Å². The number of rotatable bonds is 4. The standard InChI is InChI=1S/C15H15N3O5/c1-22-15(19)12(10-16)8-11-9-13(18(20)21)2-3-14(11)17-4-6-23-7-5-17/h2-3,8-9H,4-7H2,1H3/b12-8-. The first kappa shape index (κ1) is 16.5. The molecular weight excluding hydrogens is 302 g/mol. The Morgan fingerprint density at radius 1 is 1.48 bits per heavy atom. The molecule has 0 aromatic heterocycles. The van der Waals surface area contributed by atoms with E-state index in [2.05, 4.69) is 4.74 Å². The molecule has 0 unspecified atom stereocenters. The normalized spacial score (nSPS) is 15.0. The molecule has 1 aliphatic heterocycles. The molecule has 0 spiro atoms. The van der Waals surface area contributed by atoms with Crippen molar-refractivity contribution in [3.63, 3.8) is 0 Å². The van der Waals surface area contributed by atoms with Crippen molar-refractivity contribution in [2.24, 2.45) is 0 Å². The fourth-order valence-corrected chi connectivity index (χ4v) is 2.27. The number of non-ortho nitro benzene ring substituents is 1. The third kappa shape index (κ3) is 3.84. The minimum Gasteiger partial charge on any atom is -0.465 e. The van der Waals surface area contributed by atoms with Crippen molar-refractivity contribution in [3.05, 3.63) is 39.4 Å². The van der Waals surface area contributed by atoms with Gasteiger partial charge in [-0.1, -0.05) is 0 Å². The predicted octanol–water partition coefficient (Wildman–Crippen LogP) is 1.51. The Morgan fingerprint density at radius 3 is 2.74 bits per heavy atom. The Morgan fingerprint density at radius 2 is 2.17 bits per heavy atom. The molecule has 0 radical (unpaired) electrons. The van der Waals surface area contributed by atoms with Gasteiger partial charge in [-0.05, 0) is 12.1 Å². The van der Waals surface area contributed by atoms with Gasteiger partial charge in [0.25, 0.3) is 5.69 Å². The number of carbonyl (C=O) groups excluding carboxylic acids is 1. The van der Waals surface area contributed by atoms with Crippen LogP contribution in [-0.2, 0) is 14.3 Å². The summed E-state index contributed by atoms with van der Waals surface area (Å²) in [5.41, 5.74) is 0.788. The molecule has 0 N–H and O–H groups in total. The average Bonchev–Trinajstić information content (AvgIpc) is 2.59. The molecular formula is C15H15N3O5. The number of hydrogen-bond acceptors (Lipinski definition) is 7. The van der Waals surface area contributed by atoms with Crippen molar-refractivity contribution < 1.29 is 19.2 Å². The lowest BCUT2D eigenvalue weighted by molar-refractivity contribution is -0.384. The summed E-state index contributed by atoms with van der Waals surface area (Å²) in [6, 6.07) is 6.10. The minimum atomic E-state index is -0.785. The molecule has 0 amide bonds. The number of nitro benzene ring substituents is 1. The first-order chi connectivity index (χ1) is 11.1. The van der Waals surface area contributed by atoms with Crippen molar-refractivity contribution in [1.29, 1.82) is 5.26 Å². The zero-order valence-electron chi connectivity index (χ0n) is 12.5. The number of ether oxygens (including phenoxy) is 2. The molecule has 2 rings (SSSR count). The maximum atomic E-state index is 11.6. The molecule has 1 saturated heterocycles. The topological polar surface area (TPSA) is 106 Å². The van der Waals surface area contributed by atoms with Gasteiger partial charge in [0.15, 0.2) is 0 Å². The molecule has 0 saturated carbocycles. The van der Waals surface area contributed by atoms with Crippen molar-refractivity contribution >= 4 is 23.4 Å². The second-order valence-corrected chi connectivity index (χ2v) is 4.76. The summed E-state index contributed by atoms with van der Waals surface area (Å²) in [6.07, 6.45) is 1.31. The third-order valence-electron chi connectivity index (χ3n) is 3.40. The second kappa shape index (κ2) is 7.38. The van der Waals surface area contributed by atoms with Crippen LogP contribution in [0.3, 0.4) is 0 Å². The van der Waals surface area contributed by atoms with E-state index in [0.717, 1.165) is 0 Å². The molecule has 1 aromatic carbocycles. The van der Waals surface area contributed by atoms with Crippen LogP contribution in [0.1, 0.15) is 5.56 Å². The number of anilines is 1. The maximum absolute atomic E-state index is 11.6. The number of carbonyl (C=O) groups is 1. The summed E-state index contributed by atoms with van der Waals surface area (Å²) in [4.78, 5) is 24.0. The highest BCUT2D eigenvalue weighted by Gasteiger charge is 2.19. The van der Waals surface area contributed by atoms with Crippen LogP contribution in [0.5, 0.6) is 0 Å². The Kier molecular flexibility index (Phi) is 5.28. The van der Waals surface area contributed by atoms with Crippen LogP contribution in [-0.4, -0.2) is 44.3 Å². The fourth-order valence-electron chi connectivity index (χ4n) is 2.27. The summed E-state index contributed by atoms with van der Waals surface area (Å²) in [7, 11) is 1.17. The van der Waals surface area contributed by atoms with E-state index in [4.69, 9.17) is 10.00 Å². The van der Waals surface area contributed by atoms with Gasteiger partial charge >= 0.3 is 5.97 Å². The molecule has 1 aromatic rings. The summed E-state index contributed by atoms with van der Waals surface area (Å²) >= 11 is 0. The fraction of sp³-hybridized carbons (Fsp3) is 0.333. The van der Waals surface area contributed by atoms with Crippen molar-refractivity contribution in [2.75, 3.05) is 38.3 Å². The number of benzene rings is 1. The first-order valence-corrected chi connectivity index (χ1v) is 6.88. The number of nitrogens with zero attached hydrogens (tertiary/aromatic N) is 3. The van der Waals surface area contributed by atoms with E-state index in [1.54, 1.807) is 12.1 Å². The van der Waals surface area contributed by atoms with Crippen molar-refractivity contribution in [1.82, 2.24) is 0 Å². The summed E-state index contributed by atoms with van der Waals surface area (Å²) in [6.45, 7) is 2.34. The van der Waals surface area contributed by atoms with Gasteiger partial charge < -0.3 is 14.4 Å². The molecule has 0 bridgehead atoms. The summed E-state index contributed by atoms with van der Waals surface area (Å²) in [5.74, 6) is -0.785. The SMILES string of the molecule is COC(=O)/C(C#N)=C\c1cc([N+](=O)[O-])ccc1N1CCOCC1. The lowest BCUT2D eigenvalue weighted by Gasteiger charge is -2.30. The predicted molar refractivity (Wildman–Crippen MR) is 81.7 cm³/mol. The number of hydrogen-bond donors (Lipinski definition) is 0. The molecule has 1 fully saturated rings. The Labute approximate surface area is 132 Å². The van der Waals surface area contributed by atoms with Crippen LogP contribution >= 0.6 is 0 Å².